The van der Waals surface area contributed by atoms with Crippen molar-refractivity contribution in [3.05, 3.63) is 40.1 Å². The van der Waals surface area contributed by atoms with Gasteiger partial charge in [-0.15, -0.1) is 11.3 Å². The average Bonchev–Trinajstić information content (AvgIpc) is 2.96. The fourth-order valence-electron chi connectivity index (χ4n) is 1.88. The van der Waals surface area contributed by atoms with E-state index in [0.717, 1.165) is 10.1 Å². The van der Waals surface area contributed by atoms with Crippen LogP contribution >= 0.6 is 11.3 Å². The van der Waals surface area contributed by atoms with Crippen LogP contribution < -0.4 is 0 Å². The second-order valence-corrected chi connectivity index (χ2v) is 5.60. The van der Waals surface area contributed by atoms with Crippen LogP contribution in [0.4, 0.5) is 13.2 Å². The molecular formula is C13H14F3N3OS. The number of carbonyl (C=O) groups excluding carboxylic acids is 1. The zero-order chi connectivity index (χ0) is 15.6. The van der Waals surface area contributed by atoms with Crippen molar-refractivity contribution in [3.63, 3.8) is 0 Å². The van der Waals surface area contributed by atoms with Crippen molar-refractivity contribution < 1.29 is 18.0 Å². The zero-order valence-corrected chi connectivity index (χ0v) is 12.3. The summed E-state index contributed by atoms with van der Waals surface area (Å²) in [6, 6.07) is 1.83. The molecule has 2 aromatic rings. The summed E-state index contributed by atoms with van der Waals surface area (Å²) in [5, 5.41) is 1.81. The minimum atomic E-state index is -4.32. The molecule has 2 aromatic heterocycles. The third-order valence-corrected chi connectivity index (χ3v) is 3.94. The lowest BCUT2D eigenvalue weighted by Gasteiger charge is -2.18. The molecule has 0 aliphatic rings. The predicted octanol–water partition coefficient (Wildman–Crippen LogP) is 3.09. The number of thiophene rings is 1. The maximum absolute atomic E-state index is 12.4. The Balaban J connectivity index is 2.10. The van der Waals surface area contributed by atoms with E-state index in [2.05, 4.69) is 4.98 Å². The summed E-state index contributed by atoms with van der Waals surface area (Å²) in [6.45, 7) is 0.740. The molecule has 2 rings (SSSR count). The number of hydrogen-bond donors (Lipinski definition) is 0. The van der Waals surface area contributed by atoms with Gasteiger partial charge in [0.25, 0.3) is 5.91 Å². The maximum Gasteiger partial charge on any atom is 0.406 e. The van der Waals surface area contributed by atoms with Gasteiger partial charge in [-0.3, -0.25) is 4.79 Å². The summed E-state index contributed by atoms with van der Waals surface area (Å²) in [6.07, 6.45) is -1.75. The van der Waals surface area contributed by atoms with Gasteiger partial charge >= 0.3 is 6.18 Å². The highest BCUT2D eigenvalue weighted by Crippen LogP contribution is 2.20. The van der Waals surface area contributed by atoms with Gasteiger partial charge in [0.1, 0.15) is 12.4 Å². The van der Waals surface area contributed by atoms with Crippen LogP contribution in [-0.2, 0) is 13.1 Å². The zero-order valence-electron chi connectivity index (χ0n) is 11.5. The van der Waals surface area contributed by atoms with Crippen LogP contribution in [0.25, 0.3) is 0 Å². The minimum absolute atomic E-state index is 0.0270. The molecule has 0 fully saturated rings. The molecule has 21 heavy (non-hydrogen) atoms. The third-order valence-electron chi connectivity index (χ3n) is 2.93. The SMILES string of the molecule is Cc1ccsc1C(=O)N(C)Cc1nccn1CC(F)(F)F. The highest BCUT2D eigenvalue weighted by molar-refractivity contribution is 7.12. The van der Waals surface area contributed by atoms with Gasteiger partial charge in [0.05, 0.1) is 11.4 Å². The number of carbonyl (C=O) groups is 1. The van der Waals surface area contributed by atoms with Gasteiger partial charge in [-0.1, -0.05) is 0 Å². The predicted molar refractivity (Wildman–Crippen MR) is 73.1 cm³/mol. The van der Waals surface area contributed by atoms with Gasteiger partial charge in [-0.05, 0) is 23.9 Å². The summed E-state index contributed by atoms with van der Waals surface area (Å²) in [7, 11) is 1.55. The third kappa shape index (κ3) is 3.84. The second-order valence-electron chi connectivity index (χ2n) is 4.68. The van der Waals surface area contributed by atoms with E-state index in [1.807, 2.05) is 13.0 Å². The van der Waals surface area contributed by atoms with Gasteiger partial charge in [-0.2, -0.15) is 13.2 Å². The smallest absolute Gasteiger partial charge is 0.334 e. The Morgan fingerprint density at radius 1 is 1.48 bits per heavy atom. The van der Waals surface area contributed by atoms with Crippen LogP contribution in [0.15, 0.2) is 23.8 Å². The van der Waals surface area contributed by atoms with E-state index >= 15 is 0 Å². The van der Waals surface area contributed by atoms with E-state index in [4.69, 9.17) is 0 Å². The van der Waals surface area contributed by atoms with Gasteiger partial charge in [0.2, 0.25) is 0 Å². The molecule has 8 heteroatoms. The van der Waals surface area contributed by atoms with E-state index in [9.17, 15) is 18.0 Å². The molecule has 2 heterocycles. The first-order valence-corrected chi connectivity index (χ1v) is 7.02. The van der Waals surface area contributed by atoms with Crippen molar-refractivity contribution in [1.29, 1.82) is 0 Å². The van der Waals surface area contributed by atoms with E-state index in [1.54, 1.807) is 12.4 Å². The van der Waals surface area contributed by atoms with Crippen LogP contribution in [0, 0.1) is 6.92 Å². The monoisotopic (exact) mass is 317 g/mol. The van der Waals surface area contributed by atoms with Crippen molar-refractivity contribution in [3.8, 4) is 0 Å². The summed E-state index contributed by atoms with van der Waals surface area (Å²) in [5.74, 6) is -0.0126. The number of amides is 1. The van der Waals surface area contributed by atoms with E-state index in [1.165, 1.54) is 28.6 Å². The molecule has 114 valence electrons. The number of alkyl halides is 3. The molecule has 0 unspecified atom stereocenters. The number of aromatic nitrogens is 2. The van der Waals surface area contributed by atoms with E-state index < -0.39 is 12.7 Å². The summed E-state index contributed by atoms with van der Waals surface area (Å²) in [4.78, 5) is 18.1. The molecule has 0 saturated heterocycles. The molecule has 0 saturated carbocycles. The number of aryl methyl sites for hydroxylation is 1. The van der Waals surface area contributed by atoms with Crippen molar-refractivity contribution in [1.82, 2.24) is 14.5 Å². The number of rotatable bonds is 4. The lowest BCUT2D eigenvalue weighted by molar-refractivity contribution is -0.141. The largest absolute Gasteiger partial charge is 0.406 e. The fraction of sp³-hybridized carbons (Fsp3) is 0.385. The molecule has 0 aliphatic carbocycles. The Hall–Kier alpha value is -1.83. The van der Waals surface area contributed by atoms with Gasteiger partial charge in [-0.25, -0.2) is 4.98 Å². The number of nitrogens with zero attached hydrogens (tertiary/aromatic N) is 3. The van der Waals surface area contributed by atoms with E-state index in [0.29, 0.717) is 4.88 Å². The van der Waals surface area contributed by atoms with Gasteiger partial charge < -0.3 is 9.47 Å². The maximum atomic E-state index is 12.4. The first-order chi connectivity index (χ1) is 9.78. The Morgan fingerprint density at radius 3 is 2.76 bits per heavy atom. The van der Waals surface area contributed by atoms with Crippen molar-refractivity contribution in [2.24, 2.45) is 0 Å². The fourth-order valence-corrected chi connectivity index (χ4v) is 2.80. The molecule has 4 nitrogen and oxygen atoms in total. The van der Waals surface area contributed by atoms with Crippen LogP contribution in [0.3, 0.4) is 0 Å². The second kappa shape index (κ2) is 5.88. The average molecular weight is 317 g/mol. The summed E-state index contributed by atoms with van der Waals surface area (Å²) in [5.41, 5.74) is 0.857. The van der Waals surface area contributed by atoms with Gasteiger partial charge in [0.15, 0.2) is 0 Å². The Kier molecular flexibility index (Phi) is 4.36. The summed E-state index contributed by atoms with van der Waals surface area (Å²) >= 11 is 1.31. The molecule has 1 amide bonds. The topological polar surface area (TPSA) is 38.1 Å². The highest BCUT2D eigenvalue weighted by atomic mass is 32.1. The lowest BCUT2D eigenvalue weighted by atomic mass is 10.2. The molecule has 0 spiro atoms. The Bertz CT molecular complexity index is 633. The number of halogens is 3. The van der Waals surface area contributed by atoms with Crippen molar-refractivity contribution >= 4 is 17.2 Å². The Morgan fingerprint density at radius 2 is 2.19 bits per heavy atom. The molecular weight excluding hydrogens is 303 g/mol. The first-order valence-electron chi connectivity index (χ1n) is 6.14. The van der Waals surface area contributed by atoms with E-state index in [-0.39, 0.29) is 18.3 Å². The lowest BCUT2D eigenvalue weighted by Crippen LogP contribution is -2.28. The van der Waals surface area contributed by atoms with Crippen molar-refractivity contribution in [2.45, 2.75) is 26.2 Å². The highest BCUT2D eigenvalue weighted by Gasteiger charge is 2.29. The summed E-state index contributed by atoms with van der Waals surface area (Å²) < 4.78 is 38.3. The molecule has 0 radical (unpaired) electrons. The molecule has 0 atom stereocenters. The first kappa shape index (κ1) is 15.6. The van der Waals surface area contributed by atoms with Crippen molar-refractivity contribution in [2.75, 3.05) is 7.05 Å². The molecule has 0 bridgehead atoms. The molecule has 0 aromatic carbocycles. The molecule has 0 aliphatic heterocycles. The molecule has 0 N–H and O–H groups in total. The van der Waals surface area contributed by atoms with Gasteiger partial charge in [0, 0.05) is 19.4 Å². The standard InChI is InChI=1S/C13H14F3N3OS/c1-9-3-6-21-11(9)12(20)18(2)7-10-17-4-5-19(10)8-13(14,15)16/h3-6H,7-8H2,1-2H3. The van der Waals surface area contributed by atoms with Crippen LogP contribution in [0.2, 0.25) is 0 Å². The van der Waals surface area contributed by atoms with Crippen LogP contribution in [0.5, 0.6) is 0 Å². The number of imidazole rings is 1. The quantitative estimate of drug-likeness (QED) is 0.869. The number of hydrogen-bond acceptors (Lipinski definition) is 3. The Labute approximate surface area is 123 Å². The van der Waals surface area contributed by atoms with Crippen LogP contribution in [-0.4, -0.2) is 33.6 Å². The normalized spacial score (nSPS) is 11.7. The minimum Gasteiger partial charge on any atom is -0.334 e. The van der Waals surface area contributed by atoms with Crippen LogP contribution in [0.1, 0.15) is 21.1 Å².